The standard InChI is InChI=1S/C14H28N2/c1-3-10-15-13-8-6-9-14(13)16-11-5-4-7-12(16)2/h12-15H,3-11H2,1-2H3. The summed E-state index contributed by atoms with van der Waals surface area (Å²) >= 11 is 0. The van der Waals surface area contributed by atoms with Gasteiger partial charge >= 0.3 is 0 Å². The molecule has 0 aromatic heterocycles. The Morgan fingerprint density at radius 3 is 2.75 bits per heavy atom. The van der Waals surface area contributed by atoms with Gasteiger partial charge in [0, 0.05) is 18.1 Å². The molecule has 1 aliphatic heterocycles. The van der Waals surface area contributed by atoms with E-state index >= 15 is 0 Å². The lowest BCUT2D eigenvalue weighted by molar-refractivity contribution is 0.0921. The molecule has 94 valence electrons. The average molecular weight is 224 g/mol. The van der Waals surface area contributed by atoms with Crippen molar-refractivity contribution in [1.82, 2.24) is 10.2 Å². The first-order chi connectivity index (χ1) is 7.83. The van der Waals surface area contributed by atoms with Gasteiger partial charge in [-0.05, 0) is 52.1 Å². The zero-order valence-electron chi connectivity index (χ0n) is 11.0. The highest BCUT2D eigenvalue weighted by atomic mass is 15.2. The maximum absolute atomic E-state index is 3.76. The lowest BCUT2D eigenvalue weighted by atomic mass is 9.99. The van der Waals surface area contributed by atoms with E-state index < -0.39 is 0 Å². The van der Waals surface area contributed by atoms with Crippen LogP contribution in [0.5, 0.6) is 0 Å². The van der Waals surface area contributed by atoms with Crippen LogP contribution in [-0.2, 0) is 0 Å². The van der Waals surface area contributed by atoms with Crippen molar-refractivity contribution < 1.29 is 0 Å². The number of hydrogen-bond acceptors (Lipinski definition) is 2. The van der Waals surface area contributed by atoms with Gasteiger partial charge in [-0.15, -0.1) is 0 Å². The predicted molar refractivity (Wildman–Crippen MR) is 69.7 cm³/mol. The smallest absolute Gasteiger partial charge is 0.0252 e. The van der Waals surface area contributed by atoms with E-state index in [9.17, 15) is 0 Å². The molecule has 16 heavy (non-hydrogen) atoms. The van der Waals surface area contributed by atoms with Gasteiger partial charge in [-0.25, -0.2) is 0 Å². The summed E-state index contributed by atoms with van der Waals surface area (Å²) in [4.78, 5) is 2.80. The molecular formula is C14H28N2. The molecule has 1 N–H and O–H groups in total. The summed E-state index contributed by atoms with van der Waals surface area (Å²) in [5.74, 6) is 0. The highest BCUT2D eigenvalue weighted by Crippen LogP contribution is 2.29. The van der Waals surface area contributed by atoms with Crippen LogP contribution in [0.4, 0.5) is 0 Å². The summed E-state index contributed by atoms with van der Waals surface area (Å²) in [6, 6.07) is 2.44. The Hall–Kier alpha value is -0.0800. The van der Waals surface area contributed by atoms with Crippen LogP contribution < -0.4 is 5.32 Å². The Labute approximate surface area is 101 Å². The highest BCUT2D eigenvalue weighted by molar-refractivity contribution is 4.93. The molecule has 3 atom stereocenters. The molecule has 0 bridgehead atoms. The minimum absolute atomic E-state index is 0.778. The largest absolute Gasteiger partial charge is 0.312 e. The lowest BCUT2D eigenvalue weighted by Gasteiger charge is -2.40. The first-order valence-electron chi connectivity index (χ1n) is 7.32. The van der Waals surface area contributed by atoms with Gasteiger partial charge in [-0.1, -0.05) is 19.8 Å². The molecule has 2 nitrogen and oxygen atoms in total. The van der Waals surface area contributed by atoms with Crippen molar-refractivity contribution in [1.29, 1.82) is 0 Å². The number of nitrogens with one attached hydrogen (secondary N) is 1. The first-order valence-corrected chi connectivity index (χ1v) is 7.32. The molecular weight excluding hydrogens is 196 g/mol. The molecule has 0 amide bonds. The van der Waals surface area contributed by atoms with Crippen molar-refractivity contribution in [2.24, 2.45) is 0 Å². The van der Waals surface area contributed by atoms with Crippen molar-refractivity contribution in [2.45, 2.75) is 76.9 Å². The lowest BCUT2D eigenvalue weighted by Crippen LogP contribution is -2.52. The van der Waals surface area contributed by atoms with Gasteiger partial charge in [-0.3, -0.25) is 4.90 Å². The summed E-state index contributed by atoms with van der Waals surface area (Å²) < 4.78 is 0. The quantitative estimate of drug-likeness (QED) is 0.790. The SMILES string of the molecule is CCCNC1CCCC1N1CCCCC1C. The minimum Gasteiger partial charge on any atom is -0.312 e. The molecule has 2 rings (SSSR count). The van der Waals surface area contributed by atoms with E-state index in [4.69, 9.17) is 0 Å². The van der Waals surface area contributed by atoms with Crippen LogP contribution in [0.15, 0.2) is 0 Å². The third-order valence-electron chi connectivity index (χ3n) is 4.42. The van der Waals surface area contributed by atoms with E-state index in [1.54, 1.807) is 0 Å². The first kappa shape index (κ1) is 12.4. The Morgan fingerprint density at radius 1 is 1.12 bits per heavy atom. The molecule has 3 unspecified atom stereocenters. The van der Waals surface area contributed by atoms with Gasteiger partial charge in [0.25, 0.3) is 0 Å². The number of piperidine rings is 1. The molecule has 0 spiro atoms. The molecule has 2 aliphatic rings. The minimum atomic E-state index is 0.778. The fourth-order valence-corrected chi connectivity index (χ4v) is 3.52. The van der Waals surface area contributed by atoms with Crippen LogP contribution >= 0.6 is 0 Å². The number of hydrogen-bond donors (Lipinski definition) is 1. The van der Waals surface area contributed by atoms with Crippen LogP contribution in [-0.4, -0.2) is 36.1 Å². The van der Waals surface area contributed by atoms with E-state index in [-0.39, 0.29) is 0 Å². The highest BCUT2D eigenvalue weighted by Gasteiger charge is 2.34. The molecule has 1 saturated carbocycles. The summed E-state index contributed by atoms with van der Waals surface area (Å²) in [6.45, 7) is 7.23. The Balaban J connectivity index is 1.90. The van der Waals surface area contributed by atoms with Crippen LogP contribution in [0, 0.1) is 0 Å². The Bertz CT molecular complexity index is 205. The van der Waals surface area contributed by atoms with Crippen LogP contribution in [0.2, 0.25) is 0 Å². The molecule has 1 heterocycles. The molecule has 0 aromatic rings. The summed E-state index contributed by atoms with van der Waals surface area (Å²) in [5, 5.41) is 3.76. The molecule has 2 fully saturated rings. The fraction of sp³-hybridized carbons (Fsp3) is 1.00. The van der Waals surface area contributed by atoms with Crippen LogP contribution in [0.3, 0.4) is 0 Å². The van der Waals surface area contributed by atoms with E-state index in [0.717, 1.165) is 18.1 Å². The fourth-order valence-electron chi connectivity index (χ4n) is 3.52. The predicted octanol–water partition coefficient (Wildman–Crippen LogP) is 2.78. The van der Waals surface area contributed by atoms with Crippen molar-refractivity contribution in [2.75, 3.05) is 13.1 Å². The number of rotatable bonds is 4. The van der Waals surface area contributed by atoms with E-state index in [2.05, 4.69) is 24.1 Å². The zero-order chi connectivity index (χ0) is 11.4. The molecule has 2 heteroatoms. The molecule has 1 saturated heterocycles. The van der Waals surface area contributed by atoms with E-state index in [1.807, 2.05) is 0 Å². The maximum Gasteiger partial charge on any atom is 0.0252 e. The second-order valence-corrected chi connectivity index (χ2v) is 5.64. The van der Waals surface area contributed by atoms with Crippen molar-refractivity contribution in [3.63, 3.8) is 0 Å². The summed E-state index contributed by atoms with van der Waals surface area (Å²) in [6.07, 6.45) is 9.78. The summed E-state index contributed by atoms with van der Waals surface area (Å²) in [7, 11) is 0. The van der Waals surface area contributed by atoms with Gasteiger partial charge in [0.15, 0.2) is 0 Å². The molecule has 0 radical (unpaired) electrons. The van der Waals surface area contributed by atoms with Crippen molar-refractivity contribution in [3.8, 4) is 0 Å². The van der Waals surface area contributed by atoms with E-state index in [0.29, 0.717) is 0 Å². The molecule has 1 aliphatic carbocycles. The van der Waals surface area contributed by atoms with Gasteiger partial charge in [0.05, 0.1) is 0 Å². The van der Waals surface area contributed by atoms with Gasteiger partial charge < -0.3 is 5.32 Å². The maximum atomic E-state index is 3.76. The zero-order valence-corrected chi connectivity index (χ0v) is 11.0. The number of nitrogens with zero attached hydrogens (tertiary/aromatic N) is 1. The van der Waals surface area contributed by atoms with E-state index in [1.165, 1.54) is 58.0 Å². The average Bonchev–Trinajstić information content (AvgIpc) is 2.75. The van der Waals surface area contributed by atoms with Gasteiger partial charge in [0.1, 0.15) is 0 Å². The van der Waals surface area contributed by atoms with Crippen LogP contribution in [0.1, 0.15) is 58.8 Å². The monoisotopic (exact) mass is 224 g/mol. The van der Waals surface area contributed by atoms with Gasteiger partial charge in [0.2, 0.25) is 0 Å². The molecule has 0 aromatic carbocycles. The second-order valence-electron chi connectivity index (χ2n) is 5.64. The normalized spacial score (nSPS) is 36.8. The van der Waals surface area contributed by atoms with Crippen LogP contribution in [0.25, 0.3) is 0 Å². The second kappa shape index (κ2) is 6.02. The third-order valence-corrected chi connectivity index (χ3v) is 4.42. The number of likely N-dealkylation sites (tertiary alicyclic amines) is 1. The van der Waals surface area contributed by atoms with Gasteiger partial charge in [-0.2, -0.15) is 0 Å². The Morgan fingerprint density at radius 2 is 2.00 bits per heavy atom. The topological polar surface area (TPSA) is 15.3 Å². The van der Waals surface area contributed by atoms with Crippen molar-refractivity contribution in [3.05, 3.63) is 0 Å². The van der Waals surface area contributed by atoms with Crippen molar-refractivity contribution >= 4 is 0 Å². The Kier molecular flexibility index (Phi) is 4.66. The summed E-state index contributed by atoms with van der Waals surface area (Å²) in [5.41, 5.74) is 0. The third kappa shape index (κ3) is 2.78.